The van der Waals surface area contributed by atoms with Gasteiger partial charge in [0.05, 0.1) is 19.3 Å². The lowest BCUT2D eigenvalue weighted by Gasteiger charge is -2.37. The van der Waals surface area contributed by atoms with Crippen molar-refractivity contribution in [2.75, 3.05) is 27.3 Å². The van der Waals surface area contributed by atoms with Gasteiger partial charge in [-0.25, -0.2) is 13.4 Å². The zero-order valence-corrected chi connectivity index (χ0v) is 17.4. The molecular weight excluding hydrogens is 382 g/mol. The van der Waals surface area contributed by atoms with Gasteiger partial charge in [0.15, 0.2) is 0 Å². The maximum absolute atomic E-state index is 13.2. The summed E-state index contributed by atoms with van der Waals surface area (Å²) in [5, 5.41) is 3.08. The highest BCUT2D eigenvalue weighted by Crippen LogP contribution is 2.40. The standard InChI is InChI=1S/C19H29N3O5S/c1-4-6-18(23)21-15-9-13-11-22(12-14(13)10-16(15)26-2)28(24,25)17-7-5-8-20-19(17)27-3/h5,7-8,13-16H,4,6,9-12H2,1-3H3,(H,21,23)/t13-,14+,15-,16-/m0/s1. The largest absolute Gasteiger partial charge is 0.480 e. The van der Waals surface area contributed by atoms with E-state index in [0.717, 1.165) is 19.3 Å². The van der Waals surface area contributed by atoms with Crippen molar-refractivity contribution >= 4 is 15.9 Å². The first kappa shape index (κ1) is 21.0. The van der Waals surface area contributed by atoms with E-state index in [1.807, 2.05) is 6.92 Å². The number of ether oxygens (including phenoxy) is 2. The summed E-state index contributed by atoms with van der Waals surface area (Å²) < 4.78 is 38.6. The van der Waals surface area contributed by atoms with Crippen LogP contribution in [-0.2, 0) is 19.6 Å². The third-order valence-corrected chi connectivity index (χ3v) is 7.60. The van der Waals surface area contributed by atoms with Crippen molar-refractivity contribution in [3.8, 4) is 5.88 Å². The van der Waals surface area contributed by atoms with Crippen molar-refractivity contribution < 1.29 is 22.7 Å². The molecule has 156 valence electrons. The van der Waals surface area contributed by atoms with E-state index >= 15 is 0 Å². The van der Waals surface area contributed by atoms with Crippen LogP contribution in [0.25, 0.3) is 0 Å². The maximum atomic E-state index is 13.2. The molecule has 0 aromatic carbocycles. The number of hydrogen-bond donors (Lipinski definition) is 1. The van der Waals surface area contributed by atoms with Crippen LogP contribution in [0.4, 0.5) is 0 Å². The Morgan fingerprint density at radius 3 is 2.64 bits per heavy atom. The molecule has 0 unspecified atom stereocenters. The molecule has 1 saturated heterocycles. The fourth-order valence-corrected chi connectivity index (χ4v) is 6.01. The molecule has 4 atom stereocenters. The molecule has 3 rings (SSSR count). The lowest BCUT2D eigenvalue weighted by molar-refractivity contribution is -0.123. The van der Waals surface area contributed by atoms with E-state index in [9.17, 15) is 13.2 Å². The van der Waals surface area contributed by atoms with Crippen LogP contribution in [0.15, 0.2) is 23.2 Å². The maximum Gasteiger partial charge on any atom is 0.248 e. The van der Waals surface area contributed by atoms with E-state index in [0.29, 0.717) is 19.5 Å². The molecule has 2 fully saturated rings. The lowest BCUT2D eigenvalue weighted by atomic mass is 9.77. The number of fused-ring (bicyclic) bond motifs is 1. The number of carbonyl (C=O) groups is 1. The molecule has 2 heterocycles. The van der Waals surface area contributed by atoms with Gasteiger partial charge in [0.1, 0.15) is 4.90 Å². The number of amides is 1. The molecular formula is C19H29N3O5S. The van der Waals surface area contributed by atoms with Crippen molar-refractivity contribution in [3.63, 3.8) is 0 Å². The first-order chi connectivity index (χ1) is 13.4. The van der Waals surface area contributed by atoms with Crippen LogP contribution in [0.2, 0.25) is 0 Å². The third kappa shape index (κ3) is 4.16. The highest BCUT2D eigenvalue weighted by atomic mass is 32.2. The van der Waals surface area contributed by atoms with Crippen LogP contribution < -0.4 is 10.1 Å². The summed E-state index contributed by atoms with van der Waals surface area (Å²) in [6.45, 7) is 2.85. The first-order valence-corrected chi connectivity index (χ1v) is 11.2. The monoisotopic (exact) mass is 411 g/mol. The zero-order chi connectivity index (χ0) is 20.3. The first-order valence-electron chi connectivity index (χ1n) is 9.72. The van der Waals surface area contributed by atoms with Gasteiger partial charge in [0, 0.05) is 32.8 Å². The van der Waals surface area contributed by atoms with Gasteiger partial charge >= 0.3 is 0 Å². The smallest absolute Gasteiger partial charge is 0.248 e. The van der Waals surface area contributed by atoms with Crippen LogP contribution >= 0.6 is 0 Å². The van der Waals surface area contributed by atoms with Crippen molar-refractivity contribution in [1.82, 2.24) is 14.6 Å². The van der Waals surface area contributed by atoms with Crippen LogP contribution in [0.3, 0.4) is 0 Å². The number of rotatable bonds is 7. The van der Waals surface area contributed by atoms with Crippen molar-refractivity contribution in [1.29, 1.82) is 0 Å². The molecule has 28 heavy (non-hydrogen) atoms. The summed E-state index contributed by atoms with van der Waals surface area (Å²) in [5.74, 6) is 0.532. The van der Waals surface area contributed by atoms with Gasteiger partial charge < -0.3 is 14.8 Å². The van der Waals surface area contributed by atoms with Crippen LogP contribution in [0.5, 0.6) is 5.88 Å². The van der Waals surface area contributed by atoms with Crippen LogP contribution in [-0.4, -0.2) is 63.1 Å². The molecule has 1 saturated carbocycles. The van der Waals surface area contributed by atoms with Crippen molar-refractivity contribution in [2.45, 2.75) is 49.6 Å². The average Bonchev–Trinajstić information content (AvgIpc) is 3.11. The summed E-state index contributed by atoms with van der Waals surface area (Å²) >= 11 is 0. The number of nitrogens with one attached hydrogen (secondary N) is 1. The number of sulfonamides is 1. The Hall–Kier alpha value is -1.71. The van der Waals surface area contributed by atoms with E-state index in [2.05, 4.69) is 10.3 Å². The number of pyridine rings is 1. The quantitative estimate of drug-likeness (QED) is 0.729. The highest BCUT2D eigenvalue weighted by Gasteiger charge is 2.46. The van der Waals surface area contributed by atoms with Gasteiger partial charge in [0.25, 0.3) is 0 Å². The van der Waals surface area contributed by atoms with Crippen LogP contribution in [0.1, 0.15) is 32.6 Å². The molecule has 9 heteroatoms. The highest BCUT2D eigenvalue weighted by molar-refractivity contribution is 7.89. The van der Waals surface area contributed by atoms with Gasteiger partial charge in [0.2, 0.25) is 21.8 Å². The Balaban J connectivity index is 1.75. The predicted molar refractivity (Wildman–Crippen MR) is 103 cm³/mol. The molecule has 8 nitrogen and oxygen atoms in total. The second-order valence-corrected chi connectivity index (χ2v) is 9.43. The van der Waals surface area contributed by atoms with Crippen molar-refractivity contribution in [2.24, 2.45) is 11.8 Å². The molecule has 0 radical (unpaired) electrons. The number of hydrogen-bond acceptors (Lipinski definition) is 6. The van der Waals surface area contributed by atoms with Gasteiger partial charge in [-0.2, -0.15) is 4.31 Å². The minimum atomic E-state index is -3.70. The van der Waals surface area contributed by atoms with E-state index in [1.165, 1.54) is 23.7 Å². The van der Waals surface area contributed by atoms with E-state index < -0.39 is 10.0 Å². The third-order valence-electron chi connectivity index (χ3n) is 5.76. The fourth-order valence-electron chi connectivity index (χ4n) is 4.35. The second kappa shape index (κ2) is 8.75. The molecule has 1 aromatic heterocycles. The number of aromatic nitrogens is 1. The summed E-state index contributed by atoms with van der Waals surface area (Å²) in [4.78, 5) is 16.2. The van der Waals surface area contributed by atoms with E-state index in [-0.39, 0.29) is 40.7 Å². The molecule has 1 aliphatic heterocycles. The Morgan fingerprint density at radius 2 is 2.00 bits per heavy atom. The molecule has 1 amide bonds. The summed E-state index contributed by atoms with van der Waals surface area (Å²) in [6, 6.07) is 3.04. The van der Waals surface area contributed by atoms with Crippen LogP contribution in [0, 0.1) is 11.8 Å². The van der Waals surface area contributed by atoms with Gasteiger partial charge in [-0.05, 0) is 43.2 Å². The molecule has 0 bridgehead atoms. The molecule has 0 spiro atoms. The lowest BCUT2D eigenvalue weighted by Crippen LogP contribution is -2.50. The molecule has 2 aliphatic rings. The number of carbonyl (C=O) groups excluding carboxylic acids is 1. The number of nitrogens with zero attached hydrogens (tertiary/aromatic N) is 2. The average molecular weight is 412 g/mol. The number of methoxy groups -OCH3 is 2. The second-order valence-electron chi connectivity index (χ2n) is 7.52. The van der Waals surface area contributed by atoms with E-state index in [1.54, 1.807) is 13.2 Å². The Labute approximate surface area is 166 Å². The van der Waals surface area contributed by atoms with Gasteiger partial charge in [-0.1, -0.05) is 6.92 Å². The van der Waals surface area contributed by atoms with Gasteiger partial charge in [-0.3, -0.25) is 4.79 Å². The topological polar surface area (TPSA) is 97.8 Å². The van der Waals surface area contributed by atoms with Crippen molar-refractivity contribution in [3.05, 3.63) is 18.3 Å². The van der Waals surface area contributed by atoms with Gasteiger partial charge in [-0.15, -0.1) is 0 Å². The minimum absolute atomic E-state index is 0.0237. The normalized spacial score (nSPS) is 28.0. The molecule has 1 aliphatic carbocycles. The fraction of sp³-hybridized carbons (Fsp3) is 0.684. The SMILES string of the molecule is CCCC(=O)N[C@H]1C[C@H]2CN(S(=O)(=O)c3cccnc3OC)C[C@H]2C[C@@H]1OC. The Kier molecular flexibility index (Phi) is 6.57. The summed E-state index contributed by atoms with van der Waals surface area (Å²) in [6.07, 6.45) is 4.14. The molecule has 1 aromatic rings. The predicted octanol–water partition coefficient (Wildman–Crippen LogP) is 1.42. The minimum Gasteiger partial charge on any atom is -0.480 e. The zero-order valence-electron chi connectivity index (χ0n) is 16.6. The Morgan fingerprint density at radius 1 is 1.29 bits per heavy atom. The van der Waals surface area contributed by atoms with E-state index in [4.69, 9.17) is 9.47 Å². The molecule has 1 N–H and O–H groups in total. The summed E-state index contributed by atoms with van der Waals surface area (Å²) in [5.41, 5.74) is 0. The Bertz CT molecular complexity index is 801. The summed E-state index contributed by atoms with van der Waals surface area (Å²) in [7, 11) is -0.634.